The molecule has 1 heterocycles. The fraction of sp³-hybridized carbons (Fsp3) is 0.333. The average Bonchev–Trinajstić information content (AvgIpc) is 3.06. The summed E-state index contributed by atoms with van der Waals surface area (Å²) < 4.78 is 5.90. The molecule has 3 rings (SSSR count). The number of amides is 1. The van der Waals surface area contributed by atoms with E-state index in [9.17, 15) is 4.79 Å². The molecule has 0 aliphatic rings. The molecule has 0 aliphatic carbocycles. The summed E-state index contributed by atoms with van der Waals surface area (Å²) in [4.78, 5) is 16.5. The zero-order valence-corrected chi connectivity index (χ0v) is 16.1. The van der Waals surface area contributed by atoms with E-state index in [1.807, 2.05) is 19.1 Å². The summed E-state index contributed by atoms with van der Waals surface area (Å²) in [6, 6.07) is 11.5. The van der Waals surface area contributed by atoms with Crippen LogP contribution in [-0.4, -0.2) is 10.9 Å². The molecular weight excluding hydrogens is 348 g/mol. The SMILES string of the molecule is CCCC(=O)Nc1cc(-c2nc3cc(C(C)CC)ccc3o2)ccc1Cl. The molecule has 0 radical (unpaired) electrons. The van der Waals surface area contributed by atoms with Crippen LogP contribution >= 0.6 is 11.6 Å². The fourth-order valence-corrected chi connectivity index (χ4v) is 2.97. The molecule has 5 heteroatoms. The van der Waals surface area contributed by atoms with Crippen LogP contribution in [0.1, 0.15) is 51.5 Å². The Bertz CT molecular complexity index is 933. The molecule has 0 saturated heterocycles. The van der Waals surface area contributed by atoms with Crippen LogP contribution in [0.15, 0.2) is 40.8 Å². The molecule has 3 aromatic rings. The average molecular weight is 371 g/mol. The summed E-state index contributed by atoms with van der Waals surface area (Å²) in [5, 5.41) is 3.34. The third-order valence-electron chi connectivity index (χ3n) is 4.56. The number of nitrogens with one attached hydrogen (secondary N) is 1. The van der Waals surface area contributed by atoms with Crippen molar-refractivity contribution in [2.24, 2.45) is 0 Å². The predicted octanol–water partition coefficient (Wildman–Crippen LogP) is 6.40. The molecule has 136 valence electrons. The van der Waals surface area contributed by atoms with Crippen molar-refractivity contribution in [3.05, 3.63) is 47.0 Å². The van der Waals surface area contributed by atoms with Gasteiger partial charge in [-0.05, 0) is 54.7 Å². The number of rotatable bonds is 6. The van der Waals surface area contributed by atoms with Crippen molar-refractivity contribution in [3.63, 3.8) is 0 Å². The number of aromatic nitrogens is 1. The highest BCUT2D eigenvalue weighted by Gasteiger charge is 2.13. The van der Waals surface area contributed by atoms with E-state index in [-0.39, 0.29) is 5.91 Å². The largest absolute Gasteiger partial charge is 0.436 e. The molecule has 1 aromatic heterocycles. The van der Waals surface area contributed by atoms with E-state index in [1.54, 1.807) is 12.1 Å². The van der Waals surface area contributed by atoms with Crippen LogP contribution in [0.5, 0.6) is 0 Å². The van der Waals surface area contributed by atoms with Crippen molar-refractivity contribution in [3.8, 4) is 11.5 Å². The van der Waals surface area contributed by atoms with Crippen molar-refractivity contribution < 1.29 is 9.21 Å². The quantitative estimate of drug-likeness (QED) is 0.546. The summed E-state index contributed by atoms with van der Waals surface area (Å²) in [7, 11) is 0. The highest BCUT2D eigenvalue weighted by molar-refractivity contribution is 6.33. The zero-order valence-electron chi connectivity index (χ0n) is 15.3. The number of nitrogens with zero attached hydrogens (tertiary/aromatic N) is 1. The van der Waals surface area contributed by atoms with E-state index in [4.69, 9.17) is 16.0 Å². The van der Waals surface area contributed by atoms with Gasteiger partial charge >= 0.3 is 0 Å². The number of hydrogen-bond donors (Lipinski definition) is 1. The van der Waals surface area contributed by atoms with Gasteiger partial charge in [0.15, 0.2) is 5.58 Å². The Morgan fingerprint density at radius 1 is 1.23 bits per heavy atom. The molecule has 0 bridgehead atoms. The lowest BCUT2D eigenvalue weighted by Crippen LogP contribution is -2.10. The van der Waals surface area contributed by atoms with E-state index in [0.29, 0.717) is 28.9 Å². The summed E-state index contributed by atoms with van der Waals surface area (Å²) in [5.74, 6) is 0.946. The van der Waals surface area contributed by atoms with Gasteiger partial charge in [0.25, 0.3) is 0 Å². The molecule has 4 nitrogen and oxygen atoms in total. The Balaban J connectivity index is 1.94. The Labute approximate surface area is 158 Å². The van der Waals surface area contributed by atoms with Gasteiger partial charge in [-0.15, -0.1) is 0 Å². The van der Waals surface area contributed by atoms with Crippen LogP contribution in [0, 0.1) is 0 Å². The standard InChI is InChI=1S/C21H23ClN2O2/c1-4-6-20(25)23-17-12-15(7-9-16(17)22)21-24-18-11-14(13(3)5-2)8-10-19(18)26-21/h7-13H,4-6H2,1-3H3,(H,23,25). The number of oxazole rings is 1. The van der Waals surface area contributed by atoms with Gasteiger partial charge in [0, 0.05) is 12.0 Å². The second kappa shape index (κ2) is 7.92. The van der Waals surface area contributed by atoms with Gasteiger partial charge in [0.05, 0.1) is 10.7 Å². The number of benzene rings is 2. The Hall–Kier alpha value is -2.33. The first kappa shape index (κ1) is 18.5. The maximum atomic E-state index is 11.9. The predicted molar refractivity (Wildman–Crippen MR) is 107 cm³/mol. The van der Waals surface area contributed by atoms with Crippen molar-refractivity contribution in [2.45, 2.75) is 46.0 Å². The number of carbonyl (C=O) groups is 1. The number of fused-ring (bicyclic) bond motifs is 1. The van der Waals surface area contributed by atoms with Gasteiger partial charge in [-0.3, -0.25) is 4.79 Å². The minimum Gasteiger partial charge on any atom is -0.436 e. The maximum Gasteiger partial charge on any atom is 0.227 e. The van der Waals surface area contributed by atoms with Crippen molar-refractivity contribution in [1.29, 1.82) is 0 Å². The molecule has 1 amide bonds. The van der Waals surface area contributed by atoms with Crippen LogP contribution in [0.2, 0.25) is 5.02 Å². The Morgan fingerprint density at radius 3 is 2.77 bits per heavy atom. The van der Waals surface area contributed by atoms with Gasteiger partial charge in [-0.25, -0.2) is 4.98 Å². The minimum atomic E-state index is -0.0534. The molecule has 1 unspecified atom stereocenters. The molecule has 1 N–H and O–H groups in total. The minimum absolute atomic E-state index is 0.0534. The highest BCUT2D eigenvalue weighted by atomic mass is 35.5. The summed E-state index contributed by atoms with van der Waals surface area (Å²) >= 11 is 6.21. The first-order valence-electron chi connectivity index (χ1n) is 9.02. The third-order valence-corrected chi connectivity index (χ3v) is 4.89. The fourth-order valence-electron chi connectivity index (χ4n) is 2.80. The van der Waals surface area contributed by atoms with Crippen LogP contribution in [0.4, 0.5) is 5.69 Å². The van der Waals surface area contributed by atoms with Crippen LogP contribution in [0.25, 0.3) is 22.6 Å². The first-order valence-corrected chi connectivity index (χ1v) is 9.39. The van der Waals surface area contributed by atoms with Crippen molar-refractivity contribution >= 4 is 34.3 Å². The van der Waals surface area contributed by atoms with Gasteiger partial charge in [-0.1, -0.05) is 38.4 Å². The lowest BCUT2D eigenvalue weighted by atomic mass is 9.98. The van der Waals surface area contributed by atoms with Crippen molar-refractivity contribution in [2.75, 3.05) is 5.32 Å². The number of halogens is 1. The zero-order chi connectivity index (χ0) is 18.7. The first-order chi connectivity index (χ1) is 12.5. The smallest absolute Gasteiger partial charge is 0.227 e. The molecule has 0 spiro atoms. The summed E-state index contributed by atoms with van der Waals surface area (Å²) in [6.45, 7) is 6.33. The molecular formula is C21H23ClN2O2. The second-order valence-electron chi connectivity index (χ2n) is 6.55. The van der Waals surface area contributed by atoms with Gasteiger partial charge in [0.2, 0.25) is 11.8 Å². The van der Waals surface area contributed by atoms with Crippen molar-refractivity contribution in [1.82, 2.24) is 4.98 Å². The van der Waals surface area contributed by atoms with E-state index in [1.165, 1.54) is 5.56 Å². The molecule has 1 atom stereocenters. The lowest BCUT2D eigenvalue weighted by Gasteiger charge is -2.07. The molecule has 2 aromatic carbocycles. The van der Waals surface area contributed by atoms with Gasteiger partial charge in [-0.2, -0.15) is 0 Å². The molecule has 0 fully saturated rings. The number of carbonyl (C=O) groups excluding carboxylic acids is 1. The molecule has 0 aliphatic heterocycles. The molecule has 0 saturated carbocycles. The Morgan fingerprint density at radius 2 is 2.04 bits per heavy atom. The van der Waals surface area contributed by atoms with Crippen LogP contribution in [0.3, 0.4) is 0 Å². The van der Waals surface area contributed by atoms with Crippen LogP contribution < -0.4 is 5.32 Å². The third kappa shape index (κ3) is 3.91. The normalized spacial score (nSPS) is 12.3. The molecule has 26 heavy (non-hydrogen) atoms. The van der Waals surface area contributed by atoms with E-state index >= 15 is 0 Å². The highest BCUT2D eigenvalue weighted by Crippen LogP contribution is 2.31. The van der Waals surface area contributed by atoms with E-state index in [2.05, 4.69) is 36.3 Å². The second-order valence-corrected chi connectivity index (χ2v) is 6.96. The number of hydrogen-bond acceptors (Lipinski definition) is 3. The lowest BCUT2D eigenvalue weighted by molar-refractivity contribution is -0.116. The van der Waals surface area contributed by atoms with E-state index < -0.39 is 0 Å². The monoisotopic (exact) mass is 370 g/mol. The van der Waals surface area contributed by atoms with Gasteiger partial charge in [0.1, 0.15) is 5.52 Å². The maximum absolute atomic E-state index is 11.9. The topological polar surface area (TPSA) is 55.1 Å². The number of anilines is 1. The van der Waals surface area contributed by atoms with Gasteiger partial charge < -0.3 is 9.73 Å². The van der Waals surface area contributed by atoms with E-state index in [0.717, 1.165) is 29.5 Å². The van der Waals surface area contributed by atoms with Crippen LogP contribution in [-0.2, 0) is 4.79 Å². The Kier molecular flexibility index (Phi) is 5.62. The summed E-state index contributed by atoms with van der Waals surface area (Å²) in [6.07, 6.45) is 2.32. The summed E-state index contributed by atoms with van der Waals surface area (Å²) in [5.41, 5.74) is 4.19.